The van der Waals surface area contributed by atoms with Crippen LogP contribution in [0.3, 0.4) is 0 Å². The van der Waals surface area contributed by atoms with Gasteiger partial charge in [0.15, 0.2) is 0 Å². The van der Waals surface area contributed by atoms with E-state index < -0.39 is 0 Å². The number of thiocarbonyl (C=S) groups is 1. The fraction of sp³-hybridized carbons (Fsp3) is 0.500. The Hall–Kier alpha value is -0.370. The summed E-state index contributed by atoms with van der Waals surface area (Å²) in [5.41, 5.74) is 0. The summed E-state index contributed by atoms with van der Waals surface area (Å²) in [7, 11) is 2.02. The first-order valence-corrected chi connectivity index (χ1v) is 3.13. The lowest BCUT2D eigenvalue weighted by Gasteiger charge is -2.19. The molecule has 0 fully saturated rings. The van der Waals surface area contributed by atoms with Gasteiger partial charge >= 0.3 is 0 Å². The SMILES string of the molecule is CN1CCC=CC1=S. The van der Waals surface area contributed by atoms with Crippen molar-refractivity contribution in [1.82, 2.24) is 4.90 Å². The molecule has 0 aromatic carbocycles. The summed E-state index contributed by atoms with van der Waals surface area (Å²) in [5, 5.41) is 0. The van der Waals surface area contributed by atoms with Gasteiger partial charge in [0.2, 0.25) is 0 Å². The Bertz CT molecular complexity index is 128. The molecule has 0 aromatic heterocycles. The molecule has 8 heavy (non-hydrogen) atoms. The molecule has 0 saturated carbocycles. The second kappa shape index (κ2) is 2.27. The maximum absolute atomic E-state index is 4.97. The Balaban J connectivity index is 2.60. The molecule has 1 rings (SSSR count). The summed E-state index contributed by atoms with van der Waals surface area (Å²) < 4.78 is 0. The second-order valence-corrected chi connectivity index (χ2v) is 2.37. The molecule has 0 saturated heterocycles. The Kier molecular flexibility index (Phi) is 1.63. The molecule has 0 aliphatic carbocycles. The van der Waals surface area contributed by atoms with Crippen molar-refractivity contribution in [3.8, 4) is 0 Å². The van der Waals surface area contributed by atoms with E-state index in [0.29, 0.717) is 0 Å². The van der Waals surface area contributed by atoms with E-state index in [0.717, 1.165) is 18.0 Å². The minimum absolute atomic E-state index is 0.955. The Morgan fingerprint density at radius 2 is 2.50 bits per heavy atom. The van der Waals surface area contributed by atoms with Crippen molar-refractivity contribution in [3.63, 3.8) is 0 Å². The third kappa shape index (κ3) is 1.07. The molecule has 0 bridgehead atoms. The van der Waals surface area contributed by atoms with Crippen LogP contribution in [0.4, 0.5) is 0 Å². The predicted molar refractivity (Wildman–Crippen MR) is 39.0 cm³/mol. The molecule has 1 aliphatic rings. The van der Waals surface area contributed by atoms with Gasteiger partial charge in [-0.05, 0) is 12.5 Å². The van der Waals surface area contributed by atoms with Gasteiger partial charge in [-0.2, -0.15) is 0 Å². The van der Waals surface area contributed by atoms with E-state index in [1.807, 2.05) is 13.1 Å². The molecule has 0 N–H and O–H groups in total. The Morgan fingerprint density at radius 3 is 2.88 bits per heavy atom. The molecule has 0 aromatic rings. The van der Waals surface area contributed by atoms with E-state index in [-0.39, 0.29) is 0 Å². The van der Waals surface area contributed by atoms with Gasteiger partial charge < -0.3 is 4.90 Å². The highest BCUT2D eigenvalue weighted by atomic mass is 32.1. The van der Waals surface area contributed by atoms with Gasteiger partial charge in [-0.15, -0.1) is 0 Å². The molecule has 0 unspecified atom stereocenters. The summed E-state index contributed by atoms with van der Waals surface area (Å²) in [5.74, 6) is 0. The third-order valence-corrected chi connectivity index (χ3v) is 1.72. The van der Waals surface area contributed by atoms with E-state index in [1.165, 1.54) is 0 Å². The van der Waals surface area contributed by atoms with Gasteiger partial charge in [0.1, 0.15) is 4.99 Å². The number of nitrogens with zero attached hydrogens (tertiary/aromatic N) is 1. The first-order chi connectivity index (χ1) is 3.80. The maximum Gasteiger partial charge on any atom is 0.101 e. The van der Waals surface area contributed by atoms with E-state index in [9.17, 15) is 0 Å². The number of rotatable bonds is 0. The van der Waals surface area contributed by atoms with E-state index in [2.05, 4.69) is 11.0 Å². The molecule has 0 spiro atoms. The topological polar surface area (TPSA) is 3.24 Å². The first-order valence-electron chi connectivity index (χ1n) is 2.72. The molecule has 0 radical (unpaired) electrons. The van der Waals surface area contributed by atoms with Gasteiger partial charge in [-0.25, -0.2) is 0 Å². The monoisotopic (exact) mass is 127 g/mol. The minimum atomic E-state index is 0.955. The zero-order valence-electron chi connectivity index (χ0n) is 4.92. The number of likely N-dealkylation sites (N-methyl/N-ethyl adjacent to an activating group) is 1. The van der Waals surface area contributed by atoms with Gasteiger partial charge in [-0.3, -0.25) is 0 Å². The largest absolute Gasteiger partial charge is 0.366 e. The zero-order chi connectivity index (χ0) is 5.98. The van der Waals surface area contributed by atoms with Crippen molar-refractivity contribution in [1.29, 1.82) is 0 Å². The molecule has 1 heterocycles. The highest BCUT2D eigenvalue weighted by Gasteiger charge is 2.01. The molecule has 1 nitrogen and oxygen atoms in total. The maximum atomic E-state index is 4.97. The third-order valence-electron chi connectivity index (χ3n) is 1.27. The summed E-state index contributed by atoms with van der Waals surface area (Å²) >= 11 is 4.97. The van der Waals surface area contributed by atoms with Crippen LogP contribution in [-0.4, -0.2) is 23.5 Å². The molecule has 0 amide bonds. The molecule has 2 heteroatoms. The molecule has 1 aliphatic heterocycles. The second-order valence-electron chi connectivity index (χ2n) is 1.95. The van der Waals surface area contributed by atoms with E-state index in [4.69, 9.17) is 12.2 Å². The lowest BCUT2D eigenvalue weighted by molar-refractivity contribution is 0.516. The minimum Gasteiger partial charge on any atom is -0.366 e. The van der Waals surface area contributed by atoms with Crippen molar-refractivity contribution in [2.75, 3.05) is 13.6 Å². The molecule has 0 atom stereocenters. The Morgan fingerprint density at radius 1 is 1.75 bits per heavy atom. The fourth-order valence-corrected chi connectivity index (χ4v) is 0.877. The summed E-state index contributed by atoms with van der Waals surface area (Å²) in [6.07, 6.45) is 5.23. The summed E-state index contributed by atoms with van der Waals surface area (Å²) in [6.45, 7) is 1.08. The normalized spacial score (nSPS) is 19.6. The van der Waals surface area contributed by atoms with Crippen LogP contribution in [0.5, 0.6) is 0 Å². The van der Waals surface area contributed by atoms with Crippen molar-refractivity contribution < 1.29 is 0 Å². The van der Waals surface area contributed by atoms with Crippen molar-refractivity contribution in [2.24, 2.45) is 0 Å². The van der Waals surface area contributed by atoms with Crippen molar-refractivity contribution in [3.05, 3.63) is 12.2 Å². The van der Waals surface area contributed by atoms with Crippen LogP contribution < -0.4 is 0 Å². The number of hydrogen-bond donors (Lipinski definition) is 0. The lowest BCUT2D eigenvalue weighted by Crippen LogP contribution is -2.26. The molecular weight excluding hydrogens is 118 g/mol. The highest BCUT2D eigenvalue weighted by molar-refractivity contribution is 7.80. The Labute approximate surface area is 55.0 Å². The van der Waals surface area contributed by atoms with E-state index in [1.54, 1.807) is 0 Å². The molecular formula is C6H9NS. The molecule has 44 valence electrons. The van der Waals surface area contributed by atoms with Crippen LogP contribution in [0.15, 0.2) is 12.2 Å². The number of hydrogen-bond acceptors (Lipinski definition) is 1. The summed E-state index contributed by atoms with van der Waals surface area (Å²) in [6, 6.07) is 0. The standard InChI is InChI=1S/C6H9NS/c1-7-5-3-2-4-6(7)8/h2,4H,3,5H2,1H3. The van der Waals surface area contributed by atoms with Crippen molar-refractivity contribution >= 4 is 17.2 Å². The first kappa shape index (κ1) is 5.76. The lowest BCUT2D eigenvalue weighted by atomic mass is 10.3. The zero-order valence-corrected chi connectivity index (χ0v) is 5.74. The van der Waals surface area contributed by atoms with Gasteiger partial charge in [0.25, 0.3) is 0 Å². The van der Waals surface area contributed by atoms with Gasteiger partial charge in [0, 0.05) is 13.6 Å². The van der Waals surface area contributed by atoms with Crippen LogP contribution in [0, 0.1) is 0 Å². The van der Waals surface area contributed by atoms with E-state index >= 15 is 0 Å². The van der Waals surface area contributed by atoms with Crippen LogP contribution in [0.1, 0.15) is 6.42 Å². The van der Waals surface area contributed by atoms with Gasteiger partial charge in [0.05, 0.1) is 0 Å². The average Bonchev–Trinajstić information content (AvgIpc) is 1.77. The smallest absolute Gasteiger partial charge is 0.101 e. The van der Waals surface area contributed by atoms with Crippen LogP contribution in [0.2, 0.25) is 0 Å². The summed E-state index contributed by atoms with van der Waals surface area (Å²) in [4.78, 5) is 3.03. The fourth-order valence-electron chi connectivity index (χ4n) is 0.690. The predicted octanol–water partition coefficient (Wildman–Crippen LogP) is 1.21. The van der Waals surface area contributed by atoms with Crippen LogP contribution in [0.25, 0.3) is 0 Å². The van der Waals surface area contributed by atoms with Crippen molar-refractivity contribution in [2.45, 2.75) is 6.42 Å². The van der Waals surface area contributed by atoms with Crippen LogP contribution in [-0.2, 0) is 0 Å². The quantitative estimate of drug-likeness (QED) is 0.450. The van der Waals surface area contributed by atoms with Crippen LogP contribution >= 0.6 is 12.2 Å². The van der Waals surface area contributed by atoms with Gasteiger partial charge in [-0.1, -0.05) is 18.3 Å². The average molecular weight is 127 g/mol. The highest BCUT2D eigenvalue weighted by Crippen LogP contribution is 2.00.